The van der Waals surface area contributed by atoms with Crippen LogP contribution in [-0.4, -0.2) is 25.7 Å². The second-order valence-corrected chi connectivity index (χ2v) is 6.72. The molecule has 124 valence electrons. The fourth-order valence-electron chi connectivity index (χ4n) is 2.52. The van der Waals surface area contributed by atoms with Crippen LogP contribution in [0.25, 0.3) is 0 Å². The molecule has 7 heteroatoms. The number of allylic oxidation sites excluding steroid dienone is 3. The van der Waals surface area contributed by atoms with Crippen molar-refractivity contribution in [3.63, 3.8) is 0 Å². The predicted octanol–water partition coefficient (Wildman–Crippen LogP) is 3.27. The number of nitrogens with zero attached hydrogens (tertiary/aromatic N) is 1. The zero-order chi connectivity index (χ0) is 16.9. The lowest BCUT2D eigenvalue weighted by atomic mass is 9.92. The average molecular weight is 337 g/mol. The molecule has 4 N–H and O–H groups in total. The third kappa shape index (κ3) is 6.02. The van der Waals surface area contributed by atoms with Crippen LogP contribution in [0.5, 0.6) is 5.75 Å². The molecule has 1 atom stereocenters. The molecule has 1 aliphatic carbocycles. The van der Waals surface area contributed by atoms with E-state index in [4.69, 9.17) is 9.79 Å². The minimum atomic E-state index is -4.52. The highest BCUT2D eigenvalue weighted by Gasteiger charge is 2.20. The highest BCUT2D eigenvalue weighted by Crippen LogP contribution is 2.38. The summed E-state index contributed by atoms with van der Waals surface area (Å²) in [4.78, 5) is 18.0. The van der Waals surface area contributed by atoms with Gasteiger partial charge in [0.25, 0.3) is 0 Å². The van der Waals surface area contributed by atoms with E-state index >= 15 is 0 Å². The number of unbranched alkanes of at least 4 members (excludes halogenated alkanes) is 1. The number of aliphatic hydroxyl groups excluding tert-OH is 1. The van der Waals surface area contributed by atoms with Crippen LogP contribution in [0, 0.1) is 5.92 Å². The molecule has 0 heterocycles. The topological polar surface area (TPSA) is 110 Å². The van der Waals surface area contributed by atoms with Crippen molar-refractivity contribution in [1.82, 2.24) is 0 Å². The minimum absolute atomic E-state index is 0.0618. The monoisotopic (exact) mass is 337 g/mol. The Morgan fingerprint density at radius 3 is 2.65 bits per heavy atom. The van der Waals surface area contributed by atoms with E-state index in [1.54, 1.807) is 24.3 Å². The predicted molar refractivity (Wildman–Crippen MR) is 88.5 cm³/mol. The normalized spacial score (nSPS) is 19.8. The number of aryl methyl sites for hydroxylation is 1. The lowest BCUT2D eigenvalue weighted by Gasteiger charge is -2.17. The van der Waals surface area contributed by atoms with E-state index in [1.807, 2.05) is 6.07 Å². The second kappa shape index (κ2) is 7.59. The largest absolute Gasteiger partial charge is 0.508 e. The SMILES string of the molecule is O=P(O)(O)N=C1C=C(O)C=CC1CCCCc1cccc(O)c1. The number of rotatable bonds is 6. The zero-order valence-corrected chi connectivity index (χ0v) is 13.4. The van der Waals surface area contributed by atoms with Crippen molar-refractivity contribution in [3.05, 3.63) is 53.8 Å². The third-order valence-electron chi connectivity index (χ3n) is 3.56. The van der Waals surface area contributed by atoms with Gasteiger partial charge in [-0.1, -0.05) is 24.6 Å². The molecule has 23 heavy (non-hydrogen) atoms. The summed E-state index contributed by atoms with van der Waals surface area (Å²) in [7, 11) is -4.52. The summed E-state index contributed by atoms with van der Waals surface area (Å²) >= 11 is 0. The van der Waals surface area contributed by atoms with Gasteiger partial charge in [0, 0.05) is 12.0 Å². The molecule has 1 aromatic rings. The van der Waals surface area contributed by atoms with Crippen LogP contribution >= 0.6 is 7.75 Å². The molecular weight excluding hydrogens is 317 g/mol. The van der Waals surface area contributed by atoms with E-state index in [1.165, 1.54) is 12.2 Å². The standard InChI is InChI=1S/C16H20NO5P/c18-14-7-3-5-12(10-14)4-1-2-6-13-8-9-15(19)11-16(13)17-23(20,21)22/h3,5,7-11,13,18-19H,1-2,4,6H2,(H2,20,21,22). The van der Waals surface area contributed by atoms with E-state index in [0.717, 1.165) is 24.8 Å². The summed E-state index contributed by atoms with van der Waals surface area (Å²) in [6.45, 7) is 0. The van der Waals surface area contributed by atoms with Crippen molar-refractivity contribution in [3.8, 4) is 5.75 Å². The van der Waals surface area contributed by atoms with Gasteiger partial charge in [-0.05, 0) is 43.0 Å². The minimum Gasteiger partial charge on any atom is -0.508 e. The maximum Gasteiger partial charge on any atom is 0.448 e. The molecule has 0 aromatic heterocycles. The lowest BCUT2D eigenvalue weighted by Crippen LogP contribution is -2.14. The quantitative estimate of drug-likeness (QED) is 0.470. The maximum absolute atomic E-state index is 11.0. The summed E-state index contributed by atoms with van der Waals surface area (Å²) in [5, 5.41) is 18.9. The first kappa shape index (κ1) is 17.5. The van der Waals surface area contributed by atoms with Crippen LogP contribution in [0.15, 0.2) is 53.0 Å². The second-order valence-electron chi connectivity index (χ2n) is 5.49. The molecule has 0 saturated heterocycles. The molecule has 0 amide bonds. The van der Waals surface area contributed by atoms with Crippen molar-refractivity contribution >= 4 is 13.5 Å². The zero-order valence-electron chi connectivity index (χ0n) is 12.5. The summed E-state index contributed by atoms with van der Waals surface area (Å²) < 4.78 is 14.5. The molecule has 1 aliphatic rings. The number of hydrogen-bond acceptors (Lipinski definition) is 3. The number of aliphatic hydroxyl groups is 1. The van der Waals surface area contributed by atoms with E-state index in [0.29, 0.717) is 6.42 Å². The Morgan fingerprint density at radius 2 is 1.96 bits per heavy atom. The highest BCUT2D eigenvalue weighted by atomic mass is 31.2. The fourth-order valence-corrected chi connectivity index (χ4v) is 3.03. The molecular formula is C16H20NO5P. The van der Waals surface area contributed by atoms with Crippen LogP contribution in [0.1, 0.15) is 24.8 Å². The highest BCUT2D eigenvalue weighted by molar-refractivity contribution is 7.50. The first-order chi connectivity index (χ1) is 10.8. The fraction of sp³-hybridized carbons (Fsp3) is 0.312. The Kier molecular flexibility index (Phi) is 5.77. The van der Waals surface area contributed by atoms with Crippen LogP contribution in [0.2, 0.25) is 0 Å². The van der Waals surface area contributed by atoms with Crippen LogP contribution in [0.3, 0.4) is 0 Å². The van der Waals surface area contributed by atoms with Crippen molar-refractivity contribution in [2.24, 2.45) is 10.7 Å². The number of phenolic OH excluding ortho intramolecular Hbond substituents is 1. The van der Waals surface area contributed by atoms with Gasteiger partial charge in [-0.2, -0.15) is 4.76 Å². The first-order valence-corrected chi connectivity index (χ1v) is 8.92. The van der Waals surface area contributed by atoms with Gasteiger partial charge in [0.1, 0.15) is 11.5 Å². The molecule has 0 radical (unpaired) electrons. The molecule has 0 bridgehead atoms. The van der Waals surface area contributed by atoms with E-state index in [-0.39, 0.29) is 23.1 Å². The van der Waals surface area contributed by atoms with Crippen LogP contribution in [-0.2, 0) is 11.0 Å². The van der Waals surface area contributed by atoms with Gasteiger partial charge in [-0.15, -0.1) is 0 Å². The van der Waals surface area contributed by atoms with E-state index in [9.17, 15) is 14.8 Å². The molecule has 2 rings (SSSR count). The van der Waals surface area contributed by atoms with Gasteiger partial charge in [-0.3, -0.25) is 0 Å². The summed E-state index contributed by atoms with van der Waals surface area (Å²) in [5.41, 5.74) is 1.25. The number of hydrogen-bond donors (Lipinski definition) is 4. The molecule has 1 unspecified atom stereocenters. The Hall–Kier alpha value is -1.88. The summed E-state index contributed by atoms with van der Waals surface area (Å²) in [6, 6.07) is 7.09. The molecule has 1 aromatic carbocycles. The Balaban J connectivity index is 1.90. The first-order valence-electron chi connectivity index (χ1n) is 7.36. The Morgan fingerprint density at radius 1 is 1.17 bits per heavy atom. The van der Waals surface area contributed by atoms with Gasteiger partial charge in [0.15, 0.2) is 0 Å². The van der Waals surface area contributed by atoms with Crippen LogP contribution in [0.4, 0.5) is 0 Å². The van der Waals surface area contributed by atoms with Crippen molar-refractivity contribution in [1.29, 1.82) is 0 Å². The number of benzene rings is 1. The molecule has 0 saturated carbocycles. The Labute approximate surface area is 134 Å². The van der Waals surface area contributed by atoms with Crippen LogP contribution < -0.4 is 0 Å². The van der Waals surface area contributed by atoms with Gasteiger partial charge in [0.2, 0.25) is 0 Å². The molecule has 0 aliphatic heterocycles. The maximum atomic E-state index is 11.0. The Bertz CT molecular complexity index is 689. The van der Waals surface area contributed by atoms with Crippen molar-refractivity contribution in [2.75, 3.05) is 0 Å². The van der Waals surface area contributed by atoms with Gasteiger partial charge in [0.05, 0.1) is 5.71 Å². The molecule has 0 spiro atoms. The lowest BCUT2D eigenvalue weighted by molar-refractivity contribution is 0.375. The summed E-state index contributed by atoms with van der Waals surface area (Å²) in [6.07, 6.45) is 7.72. The third-order valence-corrected chi connectivity index (χ3v) is 4.05. The van der Waals surface area contributed by atoms with Gasteiger partial charge in [-0.25, -0.2) is 4.57 Å². The van der Waals surface area contributed by atoms with E-state index < -0.39 is 7.75 Å². The van der Waals surface area contributed by atoms with Gasteiger partial charge < -0.3 is 20.0 Å². The summed E-state index contributed by atoms with van der Waals surface area (Å²) in [5.74, 6) is -0.0368. The number of phenols is 1. The molecule has 6 nitrogen and oxygen atoms in total. The van der Waals surface area contributed by atoms with E-state index in [2.05, 4.69) is 4.76 Å². The van der Waals surface area contributed by atoms with Gasteiger partial charge >= 0.3 is 7.75 Å². The number of aromatic hydroxyl groups is 1. The van der Waals surface area contributed by atoms with Crippen molar-refractivity contribution < 1.29 is 24.6 Å². The smallest absolute Gasteiger partial charge is 0.448 e. The van der Waals surface area contributed by atoms with Crippen molar-refractivity contribution in [2.45, 2.75) is 25.7 Å². The average Bonchev–Trinajstić information content (AvgIpc) is 2.44. The molecule has 0 fully saturated rings.